The number of fused-ring (bicyclic) bond motifs is 1. The van der Waals surface area contributed by atoms with Crippen molar-refractivity contribution in [3.05, 3.63) is 42.0 Å². The van der Waals surface area contributed by atoms with E-state index in [9.17, 15) is 4.79 Å². The van der Waals surface area contributed by atoms with Crippen LogP contribution in [0.5, 0.6) is 5.75 Å². The molecule has 0 aliphatic heterocycles. The summed E-state index contributed by atoms with van der Waals surface area (Å²) < 4.78 is 10.3. The van der Waals surface area contributed by atoms with E-state index in [1.165, 1.54) is 0 Å². The smallest absolute Gasteiger partial charge is 0.338 e. The van der Waals surface area contributed by atoms with Gasteiger partial charge in [-0.15, -0.1) is 0 Å². The van der Waals surface area contributed by atoms with Gasteiger partial charge in [-0.2, -0.15) is 0 Å². The molecule has 3 heteroatoms. The topological polar surface area (TPSA) is 35.5 Å². The third kappa shape index (κ3) is 2.23. The van der Waals surface area contributed by atoms with Crippen LogP contribution in [0.4, 0.5) is 0 Å². The van der Waals surface area contributed by atoms with Gasteiger partial charge in [0.15, 0.2) is 0 Å². The number of hydrogen-bond donors (Lipinski definition) is 0. The van der Waals surface area contributed by atoms with Crippen molar-refractivity contribution >= 4 is 16.7 Å². The Morgan fingerprint density at radius 1 is 1.24 bits per heavy atom. The molecular weight excluding hydrogens is 216 g/mol. The zero-order valence-electron chi connectivity index (χ0n) is 9.90. The lowest BCUT2D eigenvalue weighted by atomic mass is 10.1. The van der Waals surface area contributed by atoms with Crippen LogP contribution >= 0.6 is 0 Å². The minimum Gasteiger partial charge on any atom is -0.496 e. The molecule has 2 aromatic rings. The summed E-state index contributed by atoms with van der Waals surface area (Å²) in [4.78, 5) is 11.7. The lowest BCUT2D eigenvalue weighted by molar-refractivity contribution is 0.0526. The maximum atomic E-state index is 11.7. The number of hydrogen-bond acceptors (Lipinski definition) is 3. The summed E-state index contributed by atoms with van der Waals surface area (Å²) in [5.41, 5.74) is 0.516. The van der Waals surface area contributed by atoms with Gasteiger partial charge in [0.25, 0.3) is 0 Å². The average Bonchev–Trinajstić information content (AvgIpc) is 2.37. The van der Waals surface area contributed by atoms with Gasteiger partial charge in [-0.25, -0.2) is 4.79 Å². The Morgan fingerprint density at radius 3 is 2.71 bits per heavy atom. The molecule has 0 amide bonds. The molecule has 2 aromatic carbocycles. The molecular formula is C14H14O3. The molecule has 0 aliphatic rings. The predicted molar refractivity (Wildman–Crippen MR) is 66.5 cm³/mol. The molecule has 0 aliphatic carbocycles. The summed E-state index contributed by atoms with van der Waals surface area (Å²) in [5.74, 6) is 0.364. The molecule has 88 valence electrons. The summed E-state index contributed by atoms with van der Waals surface area (Å²) in [6.07, 6.45) is 0. The number of carbonyl (C=O) groups is 1. The molecule has 0 N–H and O–H groups in total. The second kappa shape index (κ2) is 4.87. The van der Waals surface area contributed by atoms with Gasteiger partial charge in [0.05, 0.1) is 19.3 Å². The fraction of sp³-hybridized carbons (Fsp3) is 0.214. The lowest BCUT2D eigenvalue weighted by Crippen LogP contribution is -2.04. The first-order valence-corrected chi connectivity index (χ1v) is 5.50. The normalized spacial score (nSPS) is 10.2. The van der Waals surface area contributed by atoms with Crippen molar-refractivity contribution in [1.29, 1.82) is 0 Å². The number of rotatable bonds is 3. The SMILES string of the molecule is CCOC(=O)c1cc(OC)c2ccccc2c1. The van der Waals surface area contributed by atoms with Crippen molar-refractivity contribution in [1.82, 2.24) is 0 Å². The molecule has 3 nitrogen and oxygen atoms in total. The maximum Gasteiger partial charge on any atom is 0.338 e. The van der Waals surface area contributed by atoms with Crippen LogP contribution in [0, 0.1) is 0 Å². The van der Waals surface area contributed by atoms with Crippen molar-refractivity contribution in [3.8, 4) is 5.75 Å². The van der Waals surface area contributed by atoms with Crippen LogP contribution < -0.4 is 4.74 Å². The summed E-state index contributed by atoms with van der Waals surface area (Å²) in [7, 11) is 1.59. The van der Waals surface area contributed by atoms with Gasteiger partial charge in [-0.1, -0.05) is 24.3 Å². The van der Waals surface area contributed by atoms with Gasteiger partial charge in [0, 0.05) is 5.39 Å². The van der Waals surface area contributed by atoms with Gasteiger partial charge >= 0.3 is 5.97 Å². The Hall–Kier alpha value is -2.03. The van der Waals surface area contributed by atoms with Crippen LogP contribution in [-0.4, -0.2) is 19.7 Å². The molecule has 2 rings (SSSR count). The lowest BCUT2D eigenvalue weighted by Gasteiger charge is -2.08. The number of ether oxygens (including phenoxy) is 2. The van der Waals surface area contributed by atoms with Gasteiger partial charge < -0.3 is 9.47 Å². The third-order valence-electron chi connectivity index (χ3n) is 2.55. The van der Waals surface area contributed by atoms with Crippen molar-refractivity contribution in [2.75, 3.05) is 13.7 Å². The minimum absolute atomic E-state index is 0.323. The molecule has 0 bridgehead atoms. The largest absolute Gasteiger partial charge is 0.496 e. The van der Waals surface area contributed by atoms with E-state index in [0.29, 0.717) is 17.9 Å². The molecule has 0 atom stereocenters. The highest BCUT2D eigenvalue weighted by atomic mass is 16.5. The van der Waals surface area contributed by atoms with E-state index in [2.05, 4.69) is 0 Å². The number of methoxy groups -OCH3 is 1. The Labute approximate surface area is 100.0 Å². The monoisotopic (exact) mass is 230 g/mol. The van der Waals surface area contributed by atoms with Crippen LogP contribution in [0.2, 0.25) is 0 Å². The zero-order valence-corrected chi connectivity index (χ0v) is 9.90. The minimum atomic E-state index is -0.323. The highest BCUT2D eigenvalue weighted by Crippen LogP contribution is 2.27. The van der Waals surface area contributed by atoms with E-state index in [4.69, 9.17) is 9.47 Å². The molecule has 0 heterocycles. The van der Waals surface area contributed by atoms with E-state index in [1.54, 1.807) is 20.1 Å². The Balaban J connectivity index is 2.56. The second-order valence-electron chi connectivity index (χ2n) is 3.62. The number of carbonyl (C=O) groups excluding carboxylic acids is 1. The van der Waals surface area contributed by atoms with Gasteiger partial charge in [0.2, 0.25) is 0 Å². The molecule has 0 fully saturated rings. The van der Waals surface area contributed by atoms with Crippen LogP contribution in [0.1, 0.15) is 17.3 Å². The van der Waals surface area contributed by atoms with E-state index in [1.807, 2.05) is 30.3 Å². The summed E-state index contributed by atoms with van der Waals surface area (Å²) >= 11 is 0. The van der Waals surface area contributed by atoms with Crippen LogP contribution in [-0.2, 0) is 4.74 Å². The number of esters is 1. The van der Waals surface area contributed by atoms with Gasteiger partial charge in [0.1, 0.15) is 5.75 Å². The van der Waals surface area contributed by atoms with E-state index in [-0.39, 0.29) is 5.97 Å². The zero-order chi connectivity index (χ0) is 12.3. The molecule has 0 unspecified atom stereocenters. The molecule has 17 heavy (non-hydrogen) atoms. The summed E-state index contributed by atoms with van der Waals surface area (Å²) in [6, 6.07) is 11.3. The molecule has 0 spiro atoms. The Morgan fingerprint density at radius 2 is 2.00 bits per heavy atom. The first kappa shape index (κ1) is 11.5. The van der Waals surface area contributed by atoms with Crippen LogP contribution in [0.3, 0.4) is 0 Å². The predicted octanol–water partition coefficient (Wildman–Crippen LogP) is 3.03. The first-order chi connectivity index (χ1) is 8.26. The molecule has 0 saturated heterocycles. The average molecular weight is 230 g/mol. The second-order valence-corrected chi connectivity index (χ2v) is 3.62. The highest BCUT2D eigenvalue weighted by molar-refractivity contribution is 5.98. The summed E-state index contributed by atoms with van der Waals surface area (Å²) in [6.45, 7) is 2.16. The number of benzene rings is 2. The van der Waals surface area contributed by atoms with E-state index < -0.39 is 0 Å². The van der Waals surface area contributed by atoms with Gasteiger partial charge in [-0.05, 0) is 24.4 Å². The van der Waals surface area contributed by atoms with Gasteiger partial charge in [-0.3, -0.25) is 0 Å². The molecule has 0 aromatic heterocycles. The maximum absolute atomic E-state index is 11.7. The fourth-order valence-corrected chi connectivity index (χ4v) is 1.78. The quantitative estimate of drug-likeness (QED) is 0.760. The Kier molecular flexibility index (Phi) is 3.28. The Bertz CT molecular complexity index is 546. The van der Waals surface area contributed by atoms with Crippen molar-refractivity contribution in [3.63, 3.8) is 0 Å². The standard InChI is InChI=1S/C14H14O3/c1-3-17-14(15)11-8-10-6-4-5-7-12(10)13(9-11)16-2/h4-9H,3H2,1-2H3. The first-order valence-electron chi connectivity index (χ1n) is 5.50. The fourth-order valence-electron chi connectivity index (χ4n) is 1.78. The van der Waals surface area contributed by atoms with Crippen LogP contribution in [0.15, 0.2) is 36.4 Å². The van der Waals surface area contributed by atoms with Crippen molar-refractivity contribution < 1.29 is 14.3 Å². The molecule has 0 radical (unpaired) electrons. The van der Waals surface area contributed by atoms with E-state index >= 15 is 0 Å². The van der Waals surface area contributed by atoms with Crippen LogP contribution in [0.25, 0.3) is 10.8 Å². The van der Waals surface area contributed by atoms with Crippen molar-refractivity contribution in [2.45, 2.75) is 6.92 Å². The van der Waals surface area contributed by atoms with Crippen molar-refractivity contribution in [2.24, 2.45) is 0 Å². The molecule has 0 saturated carbocycles. The summed E-state index contributed by atoms with van der Waals surface area (Å²) in [5, 5.41) is 1.96. The van der Waals surface area contributed by atoms with E-state index in [0.717, 1.165) is 10.8 Å². The third-order valence-corrected chi connectivity index (χ3v) is 2.55. The highest BCUT2D eigenvalue weighted by Gasteiger charge is 2.10.